The lowest BCUT2D eigenvalue weighted by Crippen LogP contribution is -2.28. The van der Waals surface area contributed by atoms with Crippen molar-refractivity contribution >= 4 is 34.3 Å². The van der Waals surface area contributed by atoms with E-state index in [1.54, 1.807) is 6.07 Å². The summed E-state index contributed by atoms with van der Waals surface area (Å²) in [5.41, 5.74) is 7.57. The third-order valence-electron chi connectivity index (χ3n) is 3.84. The average Bonchev–Trinajstić information content (AvgIpc) is 2.58. The van der Waals surface area contributed by atoms with Crippen molar-refractivity contribution in [2.75, 3.05) is 11.5 Å². The van der Waals surface area contributed by atoms with Crippen molar-refractivity contribution in [2.24, 2.45) is 0 Å². The van der Waals surface area contributed by atoms with E-state index in [1.165, 1.54) is 22.5 Å². The Balaban J connectivity index is 1.61. The van der Waals surface area contributed by atoms with Gasteiger partial charge in [0.25, 0.3) is 0 Å². The highest BCUT2D eigenvalue weighted by atomic mass is 32.2. The molecule has 6 heteroatoms. The van der Waals surface area contributed by atoms with E-state index in [2.05, 4.69) is 39.6 Å². The van der Waals surface area contributed by atoms with E-state index < -0.39 is 0 Å². The van der Waals surface area contributed by atoms with Crippen LogP contribution in [-0.2, 0) is 4.79 Å². The Morgan fingerprint density at radius 2 is 1.92 bits per heavy atom. The van der Waals surface area contributed by atoms with Crippen molar-refractivity contribution < 1.29 is 4.79 Å². The number of amides is 1. The number of nitrogen functional groups attached to an aromatic ring is 1. The van der Waals surface area contributed by atoms with Crippen LogP contribution in [0.2, 0.25) is 0 Å². The Hall–Kier alpha value is -2.60. The number of nitrogens with two attached hydrogens (primary N) is 1. The lowest BCUT2D eigenvalue weighted by molar-refractivity contribution is -0.119. The van der Waals surface area contributed by atoms with E-state index in [0.717, 1.165) is 11.3 Å². The number of nitrogens with one attached hydrogen (secondary N) is 1. The van der Waals surface area contributed by atoms with Gasteiger partial charge in [0, 0.05) is 11.8 Å². The van der Waals surface area contributed by atoms with E-state index in [-0.39, 0.29) is 17.7 Å². The molecule has 1 unspecified atom stereocenters. The molecule has 25 heavy (non-hydrogen) atoms. The number of rotatable bonds is 5. The first-order chi connectivity index (χ1) is 12.0. The monoisotopic (exact) mass is 352 g/mol. The normalized spacial score (nSPS) is 12.1. The molecule has 1 amide bonds. The second-order valence-electron chi connectivity index (χ2n) is 5.90. The largest absolute Gasteiger partial charge is 0.384 e. The van der Waals surface area contributed by atoms with Crippen LogP contribution in [0, 0.1) is 6.92 Å². The van der Waals surface area contributed by atoms with Gasteiger partial charge in [-0.2, -0.15) is 0 Å². The smallest absolute Gasteiger partial charge is 0.230 e. The Kier molecular flexibility index (Phi) is 5.19. The maximum atomic E-state index is 12.2. The Morgan fingerprint density at radius 3 is 2.68 bits per heavy atom. The fraction of sp³-hybridized carbons (Fsp3) is 0.211. The lowest BCUT2D eigenvalue weighted by atomic mass is 10.0. The minimum Gasteiger partial charge on any atom is -0.384 e. The second kappa shape index (κ2) is 7.53. The molecule has 3 N–H and O–H groups in total. The summed E-state index contributed by atoms with van der Waals surface area (Å²) in [4.78, 5) is 20.6. The van der Waals surface area contributed by atoms with E-state index >= 15 is 0 Å². The Bertz CT molecular complexity index is 893. The van der Waals surface area contributed by atoms with Gasteiger partial charge in [0.1, 0.15) is 5.82 Å². The van der Waals surface area contributed by atoms with Crippen molar-refractivity contribution in [1.29, 1.82) is 0 Å². The SMILES string of the molecule is Cc1cc(N)nc(SCC(=O)NC(C)c2ccc3ccccc3c2)n1. The number of hydrogen-bond donors (Lipinski definition) is 2. The van der Waals surface area contributed by atoms with Gasteiger partial charge in [0.15, 0.2) is 5.16 Å². The van der Waals surface area contributed by atoms with E-state index in [9.17, 15) is 4.79 Å². The minimum absolute atomic E-state index is 0.0608. The molecule has 3 aromatic rings. The van der Waals surface area contributed by atoms with Crippen molar-refractivity contribution in [2.45, 2.75) is 25.0 Å². The van der Waals surface area contributed by atoms with Crippen LogP contribution in [0.1, 0.15) is 24.2 Å². The highest BCUT2D eigenvalue weighted by Gasteiger charge is 2.11. The summed E-state index contributed by atoms with van der Waals surface area (Å²) in [6, 6.07) is 16.0. The van der Waals surface area contributed by atoms with Gasteiger partial charge < -0.3 is 11.1 Å². The molecule has 0 fully saturated rings. The van der Waals surface area contributed by atoms with Crippen molar-refractivity contribution in [1.82, 2.24) is 15.3 Å². The summed E-state index contributed by atoms with van der Waals surface area (Å²) < 4.78 is 0. The van der Waals surface area contributed by atoms with Gasteiger partial charge in [-0.25, -0.2) is 9.97 Å². The van der Waals surface area contributed by atoms with Crippen molar-refractivity contribution in [3.8, 4) is 0 Å². The van der Waals surface area contributed by atoms with Crippen LogP contribution in [0.15, 0.2) is 53.7 Å². The number of anilines is 1. The van der Waals surface area contributed by atoms with Crippen molar-refractivity contribution in [3.63, 3.8) is 0 Å². The molecule has 128 valence electrons. The topological polar surface area (TPSA) is 80.9 Å². The number of hydrogen-bond acceptors (Lipinski definition) is 5. The molecule has 0 spiro atoms. The zero-order chi connectivity index (χ0) is 17.8. The molecule has 0 aliphatic rings. The highest BCUT2D eigenvalue weighted by Crippen LogP contribution is 2.21. The van der Waals surface area contributed by atoms with Gasteiger partial charge in [-0.05, 0) is 36.2 Å². The first kappa shape index (κ1) is 17.2. The number of aromatic nitrogens is 2. The third kappa shape index (κ3) is 4.48. The molecular weight excluding hydrogens is 332 g/mol. The Labute approximate surface area is 151 Å². The zero-order valence-corrected chi connectivity index (χ0v) is 15.0. The molecule has 2 aromatic carbocycles. The molecule has 5 nitrogen and oxygen atoms in total. The standard InChI is InChI=1S/C19H20N4OS/c1-12-9-17(20)23-19(21-12)25-11-18(24)22-13(2)15-8-7-14-5-3-4-6-16(14)10-15/h3-10,13H,11H2,1-2H3,(H,22,24)(H2,20,21,23). The van der Waals surface area contributed by atoms with Gasteiger partial charge >= 0.3 is 0 Å². The quantitative estimate of drug-likeness (QED) is 0.543. The predicted molar refractivity (Wildman–Crippen MR) is 102 cm³/mol. The third-order valence-corrected chi connectivity index (χ3v) is 4.68. The first-order valence-electron chi connectivity index (χ1n) is 8.03. The molecule has 0 aliphatic heterocycles. The fourth-order valence-electron chi connectivity index (χ4n) is 2.60. The van der Waals surface area contributed by atoms with Crippen LogP contribution in [0.4, 0.5) is 5.82 Å². The zero-order valence-electron chi connectivity index (χ0n) is 14.2. The number of fused-ring (bicyclic) bond motifs is 1. The van der Waals surface area contributed by atoms with Crippen LogP contribution < -0.4 is 11.1 Å². The molecule has 1 heterocycles. The van der Waals surface area contributed by atoms with E-state index in [4.69, 9.17) is 5.73 Å². The maximum Gasteiger partial charge on any atom is 0.230 e. The van der Waals surface area contributed by atoms with Gasteiger partial charge in [0.2, 0.25) is 5.91 Å². The van der Waals surface area contributed by atoms with Crippen LogP contribution in [-0.4, -0.2) is 21.6 Å². The summed E-state index contributed by atoms with van der Waals surface area (Å²) in [6.45, 7) is 3.83. The summed E-state index contributed by atoms with van der Waals surface area (Å²) >= 11 is 1.28. The maximum absolute atomic E-state index is 12.2. The van der Waals surface area contributed by atoms with Crippen LogP contribution in [0.3, 0.4) is 0 Å². The molecule has 0 radical (unpaired) electrons. The number of benzene rings is 2. The van der Waals surface area contributed by atoms with Gasteiger partial charge in [-0.15, -0.1) is 0 Å². The van der Waals surface area contributed by atoms with E-state index in [0.29, 0.717) is 11.0 Å². The number of nitrogens with zero attached hydrogens (tertiary/aromatic N) is 2. The Morgan fingerprint density at radius 1 is 1.16 bits per heavy atom. The summed E-state index contributed by atoms with van der Waals surface area (Å²) in [7, 11) is 0. The van der Waals surface area contributed by atoms with Gasteiger partial charge in [-0.1, -0.05) is 48.2 Å². The predicted octanol–water partition coefficient (Wildman–Crippen LogP) is 3.49. The van der Waals surface area contributed by atoms with Crippen LogP contribution in [0.25, 0.3) is 10.8 Å². The number of carbonyl (C=O) groups is 1. The first-order valence-corrected chi connectivity index (χ1v) is 9.02. The molecule has 0 saturated carbocycles. The number of carbonyl (C=O) groups excluding carboxylic acids is 1. The number of thioether (sulfide) groups is 1. The summed E-state index contributed by atoms with van der Waals surface area (Å²) in [5.74, 6) is 0.607. The second-order valence-corrected chi connectivity index (χ2v) is 6.84. The fourth-order valence-corrected chi connectivity index (χ4v) is 3.33. The molecule has 0 aliphatic carbocycles. The molecule has 1 atom stereocenters. The molecule has 0 bridgehead atoms. The van der Waals surface area contributed by atoms with Crippen LogP contribution in [0.5, 0.6) is 0 Å². The molecule has 1 aromatic heterocycles. The van der Waals surface area contributed by atoms with E-state index in [1.807, 2.05) is 32.0 Å². The van der Waals surface area contributed by atoms with Gasteiger partial charge in [-0.3, -0.25) is 4.79 Å². The summed E-state index contributed by atoms with van der Waals surface area (Å²) in [5, 5.41) is 5.89. The average molecular weight is 352 g/mol. The van der Waals surface area contributed by atoms with Crippen LogP contribution >= 0.6 is 11.8 Å². The number of aryl methyl sites for hydroxylation is 1. The molecule has 3 rings (SSSR count). The van der Waals surface area contributed by atoms with Crippen molar-refractivity contribution in [3.05, 3.63) is 59.8 Å². The highest BCUT2D eigenvalue weighted by molar-refractivity contribution is 7.99. The minimum atomic E-state index is -0.0683. The van der Waals surface area contributed by atoms with Gasteiger partial charge in [0.05, 0.1) is 11.8 Å². The molecular formula is C19H20N4OS. The summed E-state index contributed by atoms with van der Waals surface area (Å²) in [6.07, 6.45) is 0. The lowest BCUT2D eigenvalue weighted by Gasteiger charge is -2.15. The molecule has 0 saturated heterocycles.